The summed E-state index contributed by atoms with van der Waals surface area (Å²) in [5, 5.41) is 8.81. The van der Waals surface area contributed by atoms with Gasteiger partial charge in [0, 0.05) is 48.5 Å². The van der Waals surface area contributed by atoms with Crippen LogP contribution in [0.4, 0.5) is 5.69 Å². The van der Waals surface area contributed by atoms with Crippen molar-refractivity contribution in [1.29, 1.82) is 0 Å². The van der Waals surface area contributed by atoms with Gasteiger partial charge in [-0.25, -0.2) is 4.79 Å². The molecule has 0 bridgehead atoms. The molecule has 114 valence electrons. The molecular formula is C16H21BrN2O2. The summed E-state index contributed by atoms with van der Waals surface area (Å²) in [6.45, 7) is 8.43. The van der Waals surface area contributed by atoms with Crippen LogP contribution in [0.1, 0.15) is 19.4 Å². The van der Waals surface area contributed by atoms with Crippen molar-refractivity contribution in [3.05, 3.63) is 34.3 Å². The molecule has 1 aliphatic rings. The van der Waals surface area contributed by atoms with E-state index >= 15 is 0 Å². The third kappa shape index (κ3) is 4.32. The maximum atomic E-state index is 10.7. The molecule has 1 fully saturated rings. The second-order valence-electron chi connectivity index (χ2n) is 5.49. The van der Waals surface area contributed by atoms with E-state index in [0.717, 1.165) is 41.9 Å². The first-order chi connectivity index (χ1) is 9.97. The van der Waals surface area contributed by atoms with E-state index < -0.39 is 5.97 Å². The lowest BCUT2D eigenvalue weighted by atomic mass is 10.1. The topological polar surface area (TPSA) is 43.8 Å². The summed E-state index contributed by atoms with van der Waals surface area (Å²) in [6, 6.07) is 6.52. The SMILES string of the molecule is CC(C)N1CCN(c2cc(Br)ccc2/C=C/C(=O)O)CC1. The van der Waals surface area contributed by atoms with Gasteiger partial charge in [0.15, 0.2) is 0 Å². The minimum atomic E-state index is -0.923. The van der Waals surface area contributed by atoms with E-state index in [-0.39, 0.29) is 0 Å². The van der Waals surface area contributed by atoms with Crippen molar-refractivity contribution in [2.75, 3.05) is 31.1 Å². The van der Waals surface area contributed by atoms with Crippen LogP contribution in [0.25, 0.3) is 6.08 Å². The lowest BCUT2D eigenvalue weighted by Gasteiger charge is -2.38. The number of hydrogen-bond donors (Lipinski definition) is 1. The van der Waals surface area contributed by atoms with E-state index in [1.807, 2.05) is 12.1 Å². The first-order valence-corrected chi connectivity index (χ1v) is 7.96. The molecule has 5 heteroatoms. The van der Waals surface area contributed by atoms with Crippen LogP contribution >= 0.6 is 15.9 Å². The van der Waals surface area contributed by atoms with Gasteiger partial charge in [0.1, 0.15) is 0 Å². The minimum Gasteiger partial charge on any atom is -0.478 e. The Labute approximate surface area is 134 Å². The molecule has 1 aromatic carbocycles. The van der Waals surface area contributed by atoms with Gasteiger partial charge in [-0.1, -0.05) is 22.0 Å². The van der Waals surface area contributed by atoms with Crippen molar-refractivity contribution in [3.63, 3.8) is 0 Å². The second kappa shape index (κ2) is 7.09. The van der Waals surface area contributed by atoms with Crippen molar-refractivity contribution < 1.29 is 9.90 Å². The summed E-state index contributed by atoms with van der Waals surface area (Å²) in [5.74, 6) is -0.923. The largest absolute Gasteiger partial charge is 0.478 e. The fourth-order valence-corrected chi connectivity index (χ4v) is 2.92. The van der Waals surface area contributed by atoms with Gasteiger partial charge >= 0.3 is 5.97 Å². The fraction of sp³-hybridized carbons (Fsp3) is 0.438. The van der Waals surface area contributed by atoms with Crippen LogP contribution in [0.5, 0.6) is 0 Å². The minimum absolute atomic E-state index is 0.570. The predicted octanol–water partition coefficient (Wildman–Crippen LogP) is 3.08. The average molecular weight is 353 g/mol. The Morgan fingerprint density at radius 1 is 1.29 bits per heavy atom. The normalized spacial score (nSPS) is 16.9. The first-order valence-electron chi connectivity index (χ1n) is 7.17. The summed E-state index contributed by atoms with van der Waals surface area (Å²) in [7, 11) is 0. The summed E-state index contributed by atoms with van der Waals surface area (Å²) in [6.07, 6.45) is 2.86. The zero-order valence-corrected chi connectivity index (χ0v) is 14.0. The third-order valence-electron chi connectivity index (χ3n) is 3.78. The van der Waals surface area contributed by atoms with E-state index in [9.17, 15) is 4.79 Å². The molecule has 1 N–H and O–H groups in total. The zero-order chi connectivity index (χ0) is 15.4. The van der Waals surface area contributed by atoms with Crippen molar-refractivity contribution in [1.82, 2.24) is 4.90 Å². The third-order valence-corrected chi connectivity index (χ3v) is 4.28. The maximum absolute atomic E-state index is 10.7. The molecule has 0 aromatic heterocycles. The van der Waals surface area contributed by atoms with Crippen LogP contribution in [-0.4, -0.2) is 48.2 Å². The molecule has 0 aliphatic carbocycles. The summed E-state index contributed by atoms with van der Waals surface area (Å²) in [5.41, 5.74) is 2.03. The highest BCUT2D eigenvalue weighted by Crippen LogP contribution is 2.27. The molecule has 0 amide bonds. The van der Waals surface area contributed by atoms with Crippen molar-refractivity contribution in [2.45, 2.75) is 19.9 Å². The molecule has 0 unspecified atom stereocenters. The number of carboxylic acid groups (broad SMARTS) is 1. The molecule has 0 saturated carbocycles. The first kappa shape index (κ1) is 16.0. The van der Waals surface area contributed by atoms with Gasteiger partial charge in [-0.3, -0.25) is 4.90 Å². The second-order valence-corrected chi connectivity index (χ2v) is 6.41. The van der Waals surface area contributed by atoms with Gasteiger partial charge < -0.3 is 10.0 Å². The van der Waals surface area contributed by atoms with Gasteiger partial charge in [-0.05, 0) is 37.6 Å². The van der Waals surface area contributed by atoms with Crippen LogP contribution in [0.2, 0.25) is 0 Å². The predicted molar refractivity (Wildman–Crippen MR) is 89.7 cm³/mol. The Morgan fingerprint density at radius 2 is 1.95 bits per heavy atom. The van der Waals surface area contributed by atoms with Crippen LogP contribution in [-0.2, 0) is 4.79 Å². The van der Waals surface area contributed by atoms with Crippen LogP contribution in [0.3, 0.4) is 0 Å². The Hall–Kier alpha value is -1.33. The van der Waals surface area contributed by atoms with Gasteiger partial charge in [-0.2, -0.15) is 0 Å². The van der Waals surface area contributed by atoms with Gasteiger partial charge in [0.05, 0.1) is 0 Å². The molecular weight excluding hydrogens is 332 g/mol. The van der Waals surface area contributed by atoms with Crippen LogP contribution in [0, 0.1) is 0 Å². The summed E-state index contributed by atoms with van der Waals surface area (Å²) in [4.78, 5) is 15.5. The average Bonchev–Trinajstić information content (AvgIpc) is 2.46. The lowest BCUT2D eigenvalue weighted by Crippen LogP contribution is -2.49. The molecule has 0 spiro atoms. The van der Waals surface area contributed by atoms with E-state index in [1.165, 1.54) is 6.08 Å². The zero-order valence-electron chi connectivity index (χ0n) is 12.4. The smallest absolute Gasteiger partial charge is 0.328 e. The number of halogens is 1. The number of hydrogen-bond acceptors (Lipinski definition) is 3. The number of benzene rings is 1. The standard InChI is InChI=1S/C16H21BrN2O2/c1-12(2)18-7-9-19(10-8-18)15-11-14(17)5-3-13(15)4-6-16(20)21/h3-6,11-12H,7-10H2,1-2H3,(H,20,21)/b6-4+. The highest BCUT2D eigenvalue weighted by Gasteiger charge is 2.20. The van der Waals surface area contributed by atoms with E-state index in [1.54, 1.807) is 6.08 Å². The molecule has 4 nitrogen and oxygen atoms in total. The van der Waals surface area contributed by atoms with Crippen LogP contribution < -0.4 is 4.90 Å². The number of carbonyl (C=O) groups is 1. The Kier molecular flexibility index (Phi) is 5.42. The molecule has 1 aliphatic heterocycles. The van der Waals surface area contributed by atoms with Crippen molar-refractivity contribution in [3.8, 4) is 0 Å². The number of nitrogens with zero attached hydrogens (tertiary/aromatic N) is 2. The van der Waals surface area contributed by atoms with E-state index in [2.05, 4.69) is 45.6 Å². The summed E-state index contributed by atoms with van der Waals surface area (Å²) >= 11 is 3.50. The molecule has 0 atom stereocenters. The Morgan fingerprint density at radius 3 is 2.52 bits per heavy atom. The lowest BCUT2D eigenvalue weighted by molar-refractivity contribution is -0.131. The van der Waals surface area contributed by atoms with E-state index in [4.69, 9.17) is 5.11 Å². The Bertz CT molecular complexity index is 535. The number of carboxylic acids is 1. The molecule has 21 heavy (non-hydrogen) atoms. The Balaban J connectivity index is 2.19. The fourth-order valence-electron chi connectivity index (χ4n) is 2.57. The maximum Gasteiger partial charge on any atom is 0.328 e. The highest BCUT2D eigenvalue weighted by atomic mass is 79.9. The summed E-state index contributed by atoms with van der Waals surface area (Å²) < 4.78 is 1.01. The molecule has 1 heterocycles. The van der Waals surface area contributed by atoms with Crippen LogP contribution in [0.15, 0.2) is 28.7 Å². The molecule has 1 saturated heterocycles. The number of anilines is 1. The highest BCUT2D eigenvalue weighted by molar-refractivity contribution is 9.10. The number of rotatable bonds is 4. The molecule has 1 aromatic rings. The molecule has 0 radical (unpaired) electrons. The monoisotopic (exact) mass is 352 g/mol. The van der Waals surface area contributed by atoms with Gasteiger partial charge in [-0.15, -0.1) is 0 Å². The quantitative estimate of drug-likeness (QED) is 0.845. The van der Waals surface area contributed by atoms with Gasteiger partial charge in [0.2, 0.25) is 0 Å². The number of aliphatic carboxylic acids is 1. The van der Waals surface area contributed by atoms with Crippen molar-refractivity contribution in [2.24, 2.45) is 0 Å². The van der Waals surface area contributed by atoms with Crippen molar-refractivity contribution >= 4 is 33.7 Å². The van der Waals surface area contributed by atoms with E-state index in [0.29, 0.717) is 6.04 Å². The molecule has 2 rings (SSSR count). The van der Waals surface area contributed by atoms with Gasteiger partial charge in [0.25, 0.3) is 0 Å². The number of piperazine rings is 1.